The molecular weight excluding hydrogens is 1000 g/mol. The molecule has 510 valence electrons. The molecule has 10 atom stereocenters. The van der Waals surface area contributed by atoms with Crippen LogP contribution in [-0.4, -0.2) is 22.4 Å². The minimum absolute atomic E-state index is 0.155. The van der Waals surface area contributed by atoms with Crippen LogP contribution in [0.5, 0.6) is 0 Å². The van der Waals surface area contributed by atoms with Crippen LogP contribution in [-0.2, 0) is 0 Å². The first-order chi connectivity index (χ1) is 37.3. The molecule has 2 N–H and O–H groups in total. The molecule has 2 saturated carbocycles. The number of hydrogen-bond donors (Lipinski definition) is 2. The first kappa shape index (κ1) is 94.1. The minimum Gasteiger partial charge on any atom is -0.393 e. The summed E-state index contributed by atoms with van der Waals surface area (Å²) < 4.78 is 0. The summed E-state index contributed by atoms with van der Waals surface area (Å²) in [6.07, 6.45) is 13.6. The molecule has 2 fully saturated rings. The summed E-state index contributed by atoms with van der Waals surface area (Å²) in [6.45, 7) is 95.9. The molecule has 0 bridgehead atoms. The molecule has 0 aliphatic heterocycles. The predicted molar refractivity (Wildman–Crippen MR) is 388 cm³/mol. The van der Waals surface area contributed by atoms with Crippen LogP contribution >= 0.6 is 0 Å². The lowest BCUT2D eigenvalue weighted by atomic mass is 9.75. The average Bonchev–Trinajstić information content (AvgIpc) is 4.26. The van der Waals surface area contributed by atoms with Gasteiger partial charge in [0.05, 0.1) is 12.2 Å². The van der Waals surface area contributed by atoms with Crippen molar-refractivity contribution in [2.24, 2.45) is 158 Å². The van der Waals surface area contributed by atoms with Gasteiger partial charge in [-0.1, -0.05) is 283 Å². The van der Waals surface area contributed by atoms with Crippen LogP contribution in [0, 0.1) is 158 Å². The van der Waals surface area contributed by atoms with Crippen LogP contribution in [0.3, 0.4) is 0 Å². The van der Waals surface area contributed by atoms with Gasteiger partial charge in [-0.3, -0.25) is 0 Å². The standard InChI is InChI=1S/C11H24O.C11H22.C10H22O.C10H20.3C10H22.C9H20/c1-7(2)9(5)11(8(3)4)10(6)12;1-8(2)10(5)11(6-7-11)9(3)4;1-7(2)6-10(8(3)4)9(5)11;1-8(2)7-10(5-6-10)9(3)4;1-8(2)7-10(5,6)9(3)4;1-7(2)9(5)10(6)8(3)4;1-6-10(9(4)5)7-8(2)3;1-7(2)6-9(5)8(3)4/h7-12H,1-6H3;8-10H,6-7H2,1-5H3;7-11H,6H2,1-5H3;8-9H,5-7H2,1-4H3;8-9H,7H2,1-6H3;7-10H,1-6H3;8-10H,6-7H2,1-5H3;7-9H,6H2,1-5H3. The van der Waals surface area contributed by atoms with Crippen molar-refractivity contribution in [3.63, 3.8) is 0 Å². The summed E-state index contributed by atoms with van der Waals surface area (Å²) in [6, 6.07) is 0. The molecule has 0 aromatic heterocycles. The molecule has 0 aromatic carbocycles. The third kappa shape index (κ3) is 46.6. The van der Waals surface area contributed by atoms with E-state index in [1.165, 1.54) is 57.8 Å². The van der Waals surface area contributed by atoms with Crippen LogP contribution in [0.25, 0.3) is 0 Å². The summed E-state index contributed by atoms with van der Waals surface area (Å²) in [7, 11) is 0. The molecule has 0 heterocycles. The zero-order valence-electron chi connectivity index (χ0n) is 66.5. The van der Waals surface area contributed by atoms with Gasteiger partial charge in [-0.15, -0.1) is 0 Å². The van der Waals surface area contributed by atoms with Crippen LogP contribution in [0.4, 0.5) is 0 Å². The second-order valence-electron chi connectivity index (χ2n) is 35.3. The lowest BCUT2D eigenvalue weighted by Crippen LogP contribution is -2.31. The van der Waals surface area contributed by atoms with E-state index in [-0.39, 0.29) is 12.2 Å². The van der Waals surface area contributed by atoms with Crippen LogP contribution in [0.15, 0.2) is 0 Å². The van der Waals surface area contributed by atoms with Crippen molar-refractivity contribution in [1.82, 2.24) is 0 Å². The quantitative estimate of drug-likeness (QED) is 0.0861. The zero-order valence-corrected chi connectivity index (χ0v) is 66.5. The molecule has 0 aromatic rings. The monoisotopic (exact) mass is 1180 g/mol. The van der Waals surface area contributed by atoms with Crippen molar-refractivity contribution in [2.45, 2.75) is 367 Å². The fourth-order valence-electron chi connectivity index (χ4n) is 13.0. The second kappa shape index (κ2) is 47.8. The van der Waals surface area contributed by atoms with Crippen molar-refractivity contribution in [3.8, 4) is 0 Å². The highest BCUT2D eigenvalue weighted by atomic mass is 16.3. The van der Waals surface area contributed by atoms with Gasteiger partial charge in [0.25, 0.3) is 0 Å². The van der Waals surface area contributed by atoms with E-state index >= 15 is 0 Å². The molecule has 2 heteroatoms. The number of hydrogen-bond acceptors (Lipinski definition) is 2. The van der Waals surface area contributed by atoms with E-state index in [2.05, 4.69) is 277 Å². The predicted octanol–water partition coefficient (Wildman–Crippen LogP) is 27.1. The average molecular weight is 1180 g/mol. The van der Waals surface area contributed by atoms with E-state index in [9.17, 15) is 10.2 Å². The van der Waals surface area contributed by atoms with Crippen LogP contribution in [0.1, 0.15) is 355 Å². The molecule has 2 aliphatic rings. The number of aliphatic hydroxyl groups is 2. The van der Waals surface area contributed by atoms with Crippen molar-refractivity contribution < 1.29 is 10.2 Å². The highest BCUT2D eigenvalue weighted by Crippen LogP contribution is 2.59. The Morgan fingerprint density at radius 2 is 0.747 bits per heavy atom. The highest BCUT2D eigenvalue weighted by molar-refractivity contribution is 4.99. The third-order valence-corrected chi connectivity index (χ3v) is 21.7. The van der Waals surface area contributed by atoms with Gasteiger partial charge in [0.15, 0.2) is 0 Å². The lowest BCUT2D eigenvalue weighted by Gasteiger charge is -2.32. The highest BCUT2D eigenvalue weighted by Gasteiger charge is 2.50. The van der Waals surface area contributed by atoms with E-state index in [1.807, 2.05) is 13.8 Å². The molecular formula is C81H174O2. The summed E-state index contributed by atoms with van der Waals surface area (Å²) in [4.78, 5) is 0. The molecule has 2 rings (SSSR count). The Labute approximate surface area is 533 Å². The van der Waals surface area contributed by atoms with Gasteiger partial charge in [-0.05, 0) is 230 Å². The fraction of sp³-hybridized carbons (Fsp3) is 1.00. The Morgan fingerprint density at radius 3 is 0.843 bits per heavy atom. The SMILES string of the molecule is CC(C)C(C)C(C(C)C)C(C)O.CC(C)C(C)C(C)C(C)C.CC(C)C(C)C1(C(C)C)CC1.CC(C)CC(C(C)C)C(C)O.CC(C)CC(C)(C)C(C)C.CC(C)CC(C)C(C)C.CC(C)CC1(C(C)C)CC1.CCC(CC(C)C)C(C)C. The molecule has 10 unspecified atom stereocenters. The molecule has 83 heavy (non-hydrogen) atoms. The molecule has 2 nitrogen and oxygen atoms in total. The van der Waals surface area contributed by atoms with E-state index < -0.39 is 0 Å². The summed E-state index contributed by atoms with van der Waals surface area (Å²) in [5.74, 6) is 18.8. The zero-order chi connectivity index (χ0) is 67.6. The first-order valence-corrected chi connectivity index (χ1v) is 36.7. The number of rotatable bonds is 27. The van der Waals surface area contributed by atoms with Gasteiger partial charge >= 0.3 is 0 Å². The molecule has 2 aliphatic carbocycles. The van der Waals surface area contributed by atoms with Crippen molar-refractivity contribution in [2.75, 3.05) is 0 Å². The summed E-state index contributed by atoms with van der Waals surface area (Å²) >= 11 is 0. The summed E-state index contributed by atoms with van der Waals surface area (Å²) in [5, 5.41) is 19.0. The fourth-order valence-corrected chi connectivity index (χ4v) is 13.0. The second-order valence-corrected chi connectivity index (χ2v) is 35.3. The Kier molecular flexibility index (Phi) is 54.2. The van der Waals surface area contributed by atoms with E-state index in [0.29, 0.717) is 46.8 Å². The van der Waals surface area contributed by atoms with Crippen LogP contribution < -0.4 is 0 Å². The Balaban J connectivity index is -0.000000204. The molecule has 0 saturated heterocycles. The first-order valence-electron chi connectivity index (χ1n) is 36.7. The van der Waals surface area contributed by atoms with E-state index in [1.54, 1.807) is 0 Å². The molecule has 0 spiro atoms. The largest absolute Gasteiger partial charge is 0.393 e. The Bertz CT molecular complexity index is 1330. The molecule has 0 amide bonds. The van der Waals surface area contributed by atoms with Crippen molar-refractivity contribution in [3.05, 3.63) is 0 Å². The smallest absolute Gasteiger partial charge is 0.0545 e. The van der Waals surface area contributed by atoms with Gasteiger partial charge in [0, 0.05) is 0 Å². The Morgan fingerprint density at radius 1 is 0.361 bits per heavy atom. The van der Waals surface area contributed by atoms with Gasteiger partial charge in [0.1, 0.15) is 0 Å². The summed E-state index contributed by atoms with van der Waals surface area (Å²) in [5.41, 5.74) is 2.02. The van der Waals surface area contributed by atoms with E-state index in [4.69, 9.17) is 0 Å². The maximum absolute atomic E-state index is 9.60. The lowest BCUT2D eigenvalue weighted by molar-refractivity contribution is 0.0471. The van der Waals surface area contributed by atoms with E-state index in [0.717, 1.165) is 118 Å². The van der Waals surface area contributed by atoms with Gasteiger partial charge in [-0.25, -0.2) is 0 Å². The van der Waals surface area contributed by atoms with Crippen LogP contribution in [0.2, 0.25) is 0 Å². The maximum atomic E-state index is 9.60. The topological polar surface area (TPSA) is 40.5 Å². The normalized spacial score (nSPS) is 18.2. The van der Waals surface area contributed by atoms with Gasteiger partial charge in [0.2, 0.25) is 0 Å². The Hall–Kier alpha value is -0.0800. The van der Waals surface area contributed by atoms with Gasteiger partial charge < -0.3 is 10.2 Å². The molecule has 0 radical (unpaired) electrons. The van der Waals surface area contributed by atoms with Crippen molar-refractivity contribution in [1.29, 1.82) is 0 Å². The number of aliphatic hydroxyl groups excluding tert-OH is 2. The van der Waals surface area contributed by atoms with Crippen molar-refractivity contribution >= 4 is 0 Å². The maximum Gasteiger partial charge on any atom is 0.0545 e. The minimum atomic E-state index is -0.178. The van der Waals surface area contributed by atoms with Gasteiger partial charge in [-0.2, -0.15) is 0 Å². The third-order valence-electron chi connectivity index (χ3n) is 21.7.